The Bertz CT molecular complexity index is 1990. The number of halogens is 3. The molecule has 3 N–H and O–H groups in total. The number of hydrogen-bond acceptors (Lipinski definition) is 9. The van der Waals surface area contributed by atoms with Crippen molar-refractivity contribution in [2.45, 2.75) is 77.2 Å². The molecule has 54 heavy (non-hydrogen) atoms. The second-order valence-corrected chi connectivity index (χ2v) is 15.2. The number of aromatic nitrogens is 2. The quantitative estimate of drug-likeness (QED) is 0.130. The summed E-state index contributed by atoms with van der Waals surface area (Å²) >= 11 is 14.0. The van der Waals surface area contributed by atoms with Crippen LogP contribution in [-0.2, 0) is 27.4 Å². The number of amides is 2. The minimum atomic E-state index is -0.700. The lowest BCUT2D eigenvalue weighted by atomic mass is 10.0. The van der Waals surface area contributed by atoms with E-state index in [1.54, 1.807) is 48.7 Å². The molecule has 2 aromatic carbocycles. The van der Waals surface area contributed by atoms with Gasteiger partial charge in [-0.3, -0.25) is 9.78 Å². The average Bonchev–Trinajstić information content (AvgIpc) is 3.56. The molecular formula is C40H45Cl2FN6O5. The van der Waals surface area contributed by atoms with Gasteiger partial charge in [0.15, 0.2) is 11.6 Å². The summed E-state index contributed by atoms with van der Waals surface area (Å²) in [5.74, 6) is 0.0862. The molecule has 4 heterocycles. The summed E-state index contributed by atoms with van der Waals surface area (Å²) in [6, 6.07) is 14.5. The van der Waals surface area contributed by atoms with Crippen molar-refractivity contribution in [1.82, 2.24) is 25.5 Å². The van der Waals surface area contributed by atoms with Crippen LogP contribution in [-0.4, -0.2) is 71.4 Å². The fourth-order valence-corrected chi connectivity index (χ4v) is 7.12. The second-order valence-electron chi connectivity index (χ2n) is 14.4. The zero-order valence-electron chi connectivity index (χ0n) is 30.8. The summed E-state index contributed by atoms with van der Waals surface area (Å²) in [6.07, 6.45) is 5.54. The van der Waals surface area contributed by atoms with Crippen molar-refractivity contribution in [2.75, 3.05) is 32.2 Å². The van der Waals surface area contributed by atoms with Gasteiger partial charge in [-0.25, -0.2) is 14.2 Å². The number of benzene rings is 2. The first kappa shape index (κ1) is 39.2. The number of hydrogen-bond donors (Lipinski definition) is 3. The van der Waals surface area contributed by atoms with Gasteiger partial charge in [0, 0.05) is 85.0 Å². The minimum absolute atomic E-state index is 0.0348. The second kappa shape index (κ2) is 17.3. The number of nitrogens with one attached hydrogen (secondary N) is 3. The van der Waals surface area contributed by atoms with E-state index in [-0.39, 0.29) is 36.9 Å². The maximum atomic E-state index is 15.6. The van der Waals surface area contributed by atoms with E-state index in [1.807, 2.05) is 45.0 Å². The highest BCUT2D eigenvalue weighted by molar-refractivity contribution is 6.39. The highest BCUT2D eigenvalue weighted by Gasteiger charge is 2.29. The lowest BCUT2D eigenvalue weighted by molar-refractivity contribution is -0.119. The molecule has 0 saturated carbocycles. The molecule has 0 unspecified atom stereocenters. The molecule has 2 aliphatic rings. The maximum Gasteiger partial charge on any atom is 0.410 e. The normalized spacial score (nSPS) is 16.2. The molecule has 11 nitrogen and oxygen atoms in total. The topological polar surface area (TPSA) is 127 Å². The van der Waals surface area contributed by atoms with E-state index in [2.05, 4.69) is 25.9 Å². The van der Waals surface area contributed by atoms with Crippen LogP contribution in [0.2, 0.25) is 10.0 Å². The number of pyridine rings is 2. The molecule has 6 rings (SSSR count). The van der Waals surface area contributed by atoms with Crippen LogP contribution in [0.1, 0.15) is 57.6 Å². The predicted octanol–water partition coefficient (Wildman–Crippen LogP) is 8.29. The number of carbonyl (C=O) groups is 2. The van der Waals surface area contributed by atoms with Gasteiger partial charge in [-0.15, -0.1) is 0 Å². The van der Waals surface area contributed by atoms with Crippen molar-refractivity contribution < 1.29 is 28.2 Å². The smallest absolute Gasteiger partial charge is 0.410 e. The molecule has 286 valence electrons. The van der Waals surface area contributed by atoms with Crippen molar-refractivity contribution in [3.8, 4) is 28.1 Å². The Kier molecular flexibility index (Phi) is 12.6. The van der Waals surface area contributed by atoms with Gasteiger partial charge in [0.05, 0.1) is 35.1 Å². The Morgan fingerprint density at radius 1 is 1.02 bits per heavy atom. The number of ether oxygens (including phenoxy) is 3. The number of nitrogens with zero attached hydrogens (tertiary/aromatic N) is 3. The summed E-state index contributed by atoms with van der Waals surface area (Å²) in [6.45, 7) is 7.66. The summed E-state index contributed by atoms with van der Waals surface area (Å²) < 4.78 is 32.5. The maximum absolute atomic E-state index is 15.6. The summed E-state index contributed by atoms with van der Waals surface area (Å²) in [5.41, 5.74) is 3.39. The van der Waals surface area contributed by atoms with Crippen LogP contribution in [0.5, 0.6) is 5.75 Å². The summed E-state index contributed by atoms with van der Waals surface area (Å²) in [5, 5.41) is 10.1. The van der Waals surface area contributed by atoms with E-state index >= 15 is 4.39 Å². The highest BCUT2D eigenvalue weighted by atomic mass is 35.5. The molecule has 2 amide bonds. The Labute approximate surface area is 324 Å². The van der Waals surface area contributed by atoms with E-state index < -0.39 is 17.5 Å². The standard InChI is InChI=1S/C40H45Cl2FN6O5/c1-40(2,3)54-39(51)49(23-28-10-11-33(50)47-28)22-26-9-8-24(20-32(26)52-4)37-35(42)30(13-17-44-37)29-6-5-7-31(34(29)41)48-38-36(43)25(12-16-45-38)21-46-27-14-18-53-19-15-27/h5-9,12-13,16-17,20,27-28,46H,10-11,14-15,18-19,21-23H2,1-4H3,(H,45,48)(H,47,50)/t28-/m0/s1. The van der Waals surface area contributed by atoms with Crippen LogP contribution in [0, 0.1) is 5.82 Å². The van der Waals surface area contributed by atoms with Gasteiger partial charge in [0.2, 0.25) is 5.91 Å². The molecular weight excluding hydrogens is 734 g/mol. The van der Waals surface area contributed by atoms with Crippen molar-refractivity contribution in [3.63, 3.8) is 0 Å². The molecule has 4 aromatic rings. The first-order chi connectivity index (χ1) is 25.9. The molecule has 2 aliphatic heterocycles. The fraction of sp³-hybridized carbons (Fsp3) is 0.400. The molecule has 2 saturated heterocycles. The van der Waals surface area contributed by atoms with Gasteiger partial charge in [-0.05, 0) is 64.3 Å². The Morgan fingerprint density at radius 2 is 1.78 bits per heavy atom. The SMILES string of the molecule is COc1cc(-c2nccc(-c3cccc(Nc4nccc(CNC5CCOCC5)c4F)c3Cl)c2Cl)ccc1CN(C[C@@H]1CCC(=O)N1)C(=O)OC(C)(C)C. The highest BCUT2D eigenvalue weighted by Crippen LogP contribution is 2.42. The Balaban J connectivity index is 1.23. The molecule has 2 fully saturated rings. The third kappa shape index (κ3) is 9.59. The fourth-order valence-electron chi connectivity index (χ4n) is 6.52. The van der Waals surface area contributed by atoms with Gasteiger partial charge < -0.3 is 35.1 Å². The first-order valence-electron chi connectivity index (χ1n) is 18.0. The van der Waals surface area contributed by atoms with Crippen LogP contribution in [0.15, 0.2) is 60.9 Å². The monoisotopic (exact) mass is 778 g/mol. The van der Waals surface area contributed by atoms with Gasteiger partial charge in [0.1, 0.15) is 11.4 Å². The summed E-state index contributed by atoms with van der Waals surface area (Å²) in [7, 11) is 1.55. The van der Waals surface area contributed by atoms with Gasteiger partial charge in [0.25, 0.3) is 0 Å². The summed E-state index contributed by atoms with van der Waals surface area (Å²) in [4.78, 5) is 35.6. The Hall–Kier alpha value is -4.49. The first-order valence-corrected chi connectivity index (χ1v) is 18.7. The number of rotatable bonds is 12. The zero-order chi connectivity index (χ0) is 38.4. The van der Waals surface area contributed by atoms with Crippen molar-refractivity contribution in [2.24, 2.45) is 0 Å². The predicted molar refractivity (Wildman–Crippen MR) is 208 cm³/mol. The van der Waals surface area contributed by atoms with Gasteiger partial charge in [-0.2, -0.15) is 0 Å². The van der Waals surface area contributed by atoms with Crippen molar-refractivity contribution >= 4 is 46.7 Å². The van der Waals surface area contributed by atoms with E-state index in [9.17, 15) is 9.59 Å². The van der Waals surface area contributed by atoms with Gasteiger partial charge in [-0.1, -0.05) is 47.5 Å². The molecule has 0 radical (unpaired) electrons. The molecule has 0 spiro atoms. The number of methoxy groups -OCH3 is 1. The van der Waals surface area contributed by atoms with Crippen LogP contribution in [0.4, 0.5) is 20.7 Å². The molecule has 0 aliphatic carbocycles. The largest absolute Gasteiger partial charge is 0.496 e. The molecule has 14 heteroatoms. The lowest BCUT2D eigenvalue weighted by Gasteiger charge is -2.29. The van der Waals surface area contributed by atoms with E-state index in [1.165, 1.54) is 0 Å². The third-order valence-electron chi connectivity index (χ3n) is 9.30. The van der Waals surface area contributed by atoms with Gasteiger partial charge >= 0.3 is 6.09 Å². The van der Waals surface area contributed by atoms with Crippen LogP contribution >= 0.6 is 23.2 Å². The van der Waals surface area contributed by atoms with E-state index in [0.717, 1.165) is 18.4 Å². The zero-order valence-corrected chi connectivity index (χ0v) is 32.3. The Morgan fingerprint density at radius 3 is 2.50 bits per heavy atom. The molecule has 2 aromatic heterocycles. The van der Waals surface area contributed by atoms with Crippen LogP contribution in [0.3, 0.4) is 0 Å². The lowest BCUT2D eigenvalue weighted by Crippen LogP contribution is -2.43. The van der Waals surface area contributed by atoms with Crippen molar-refractivity contribution in [1.29, 1.82) is 0 Å². The molecule has 1 atom stereocenters. The molecule has 0 bridgehead atoms. The average molecular weight is 780 g/mol. The minimum Gasteiger partial charge on any atom is -0.496 e. The van der Waals surface area contributed by atoms with E-state index in [4.69, 9.17) is 37.4 Å². The van der Waals surface area contributed by atoms with Crippen molar-refractivity contribution in [3.05, 3.63) is 87.9 Å². The van der Waals surface area contributed by atoms with Crippen LogP contribution < -0.4 is 20.7 Å². The number of carbonyl (C=O) groups excluding carboxylic acids is 2. The number of anilines is 2. The third-order valence-corrected chi connectivity index (χ3v) is 10.1. The van der Waals surface area contributed by atoms with E-state index in [0.29, 0.717) is 82.0 Å². The van der Waals surface area contributed by atoms with Crippen LogP contribution in [0.25, 0.3) is 22.4 Å².